The van der Waals surface area contributed by atoms with Crippen LogP contribution >= 0.6 is 11.6 Å². The van der Waals surface area contributed by atoms with Gasteiger partial charge < -0.3 is 10.1 Å². The highest BCUT2D eigenvalue weighted by atomic mass is 35.5. The molecule has 0 spiro atoms. The summed E-state index contributed by atoms with van der Waals surface area (Å²) in [5.74, 6) is 0.544. The molecule has 1 aliphatic rings. The highest BCUT2D eigenvalue weighted by molar-refractivity contribution is 7.89. The van der Waals surface area contributed by atoms with E-state index in [1.165, 1.54) is 0 Å². The molecule has 1 aliphatic heterocycles. The molecule has 0 aromatic heterocycles. The molecular formula is C26H28ClN3O4S. The van der Waals surface area contributed by atoms with Crippen LogP contribution in [0, 0.1) is 0 Å². The van der Waals surface area contributed by atoms with Crippen LogP contribution in [0.1, 0.15) is 15.9 Å². The molecule has 0 atom stereocenters. The highest BCUT2D eigenvalue weighted by Crippen LogP contribution is 2.18. The number of ether oxygens (including phenoxy) is 1. The molecule has 9 heteroatoms. The molecular weight excluding hydrogens is 486 g/mol. The number of piperazine rings is 1. The number of carbonyl (C=O) groups is 1. The molecule has 1 heterocycles. The zero-order chi connectivity index (χ0) is 24.7. The number of benzene rings is 3. The van der Waals surface area contributed by atoms with Crippen LogP contribution in [0.2, 0.25) is 5.02 Å². The average Bonchev–Trinajstić information content (AvgIpc) is 2.89. The van der Waals surface area contributed by atoms with Gasteiger partial charge in [0.05, 0.1) is 11.4 Å². The van der Waals surface area contributed by atoms with Crippen molar-refractivity contribution in [3.63, 3.8) is 0 Å². The molecule has 0 aliphatic carbocycles. The Bertz CT molecular complexity index is 1210. The molecule has 1 saturated heterocycles. The predicted molar refractivity (Wildman–Crippen MR) is 136 cm³/mol. The van der Waals surface area contributed by atoms with E-state index >= 15 is 0 Å². The molecule has 4 rings (SSSR count). The van der Waals surface area contributed by atoms with Gasteiger partial charge in [0.15, 0.2) is 0 Å². The molecule has 3 aromatic rings. The lowest BCUT2D eigenvalue weighted by atomic mass is 10.1. The fraction of sp³-hybridized carbons (Fsp3) is 0.269. The number of carbonyl (C=O) groups excluding carboxylic acids is 1. The Kier molecular flexibility index (Phi) is 8.41. The summed E-state index contributed by atoms with van der Waals surface area (Å²) < 4.78 is 32.7. The molecule has 1 fully saturated rings. The van der Waals surface area contributed by atoms with E-state index in [1.807, 2.05) is 18.2 Å². The Morgan fingerprint density at radius 1 is 0.886 bits per heavy atom. The zero-order valence-electron chi connectivity index (χ0n) is 19.3. The highest BCUT2D eigenvalue weighted by Gasteiger charge is 2.28. The summed E-state index contributed by atoms with van der Waals surface area (Å²) in [6.07, 6.45) is 0. The molecule has 184 valence electrons. The third-order valence-corrected chi connectivity index (χ3v) is 7.97. The molecule has 1 amide bonds. The van der Waals surface area contributed by atoms with Crippen molar-refractivity contribution in [2.45, 2.75) is 11.4 Å². The fourth-order valence-electron chi connectivity index (χ4n) is 3.86. The van der Waals surface area contributed by atoms with E-state index < -0.39 is 10.0 Å². The molecule has 35 heavy (non-hydrogen) atoms. The number of nitrogens with one attached hydrogen (secondary N) is 1. The molecule has 7 nitrogen and oxygen atoms in total. The molecule has 0 unspecified atom stereocenters. The van der Waals surface area contributed by atoms with Gasteiger partial charge in [-0.3, -0.25) is 9.69 Å². The van der Waals surface area contributed by atoms with Crippen molar-refractivity contribution in [1.29, 1.82) is 0 Å². The summed E-state index contributed by atoms with van der Waals surface area (Å²) in [6.45, 7) is 3.67. The van der Waals surface area contributed by atoms with Gasteiger partial charge in [0.2, 0.25) is 10.0 Å². The van der Waals surface area contributed by atoms with Gasteiger partial charge in [0, 0.05) is 43.3 Å². The quantitative estimate of drug-likeness (QED) is 0.442. The maximum atomic E-state index is 12.8. The van der Waals surface area contributed by atoms with Crippen molar-refractivity contribution >= 4 is 27.5 Å². The standard InChI is InChI=1S/C26H28ClN3O4S/c27-23-10-12-24(13-11-23)34-19-14-28-26(31)22-8-6-21(7-9-22)20-29-15-17-30(18-16-29)35(32,33)25-4-2-1-3-5-25/h1-13H,14-20H2,(H,28,31). The Hall–Kier alpha value is -2.91. The molecule has 0 radical (unpaired) electrons. The first-order valence-electron chi connectivity index (χ1n) is 11.4. The minimum Gasteiger partial charge on any atom is -0.492 e. The molecule has 0 bridgehead atoms. The summed E-state index contributed by atoms with van der Waals surface area (Å²) in [7, 11) is -3.45. The van der Waals surface area contributed by atoms with Crippen LogP contribution in [-0.4, -0.2) is 62.9 Å². The minimum absolute atomic E-state index is 0.156. The topological polar surface area (TPSA) is 79.0 Å². The van der Waals surface area contributed by atoms with Crippen LogP contribution in [0.3, 0.4) is 0 Å². The lowest BCUT2D eigenvalue weighted by molar-refractivity contribution is 0.0947. The van der Waals surface area contributed by atoms with Gasteiger partial charge >= 0.3 is 0 Å². The van der Waals surface area contributed by atoms with Gasteiger partial charge in [-0.1, -0.05) is 41.9 Å². The van der Waals surface area contributed by atoms with Crippen LogP contribution in [0.4, 0.5) is 0 Å². The van der Waals surface area contributed by atoms with Gasteiger partial charge in [-0.25, -0.2) is 8.42 Å². The van der Waals surface area contributed by atoms with Crippen LogP contribution < -0.4 is 10.1 Å². The van der Waals surface area contributed by atoms with Gasteiger partial charge in [-0.15, -0.1) is 0 Å². The number of halogens is 1. The number of sulfonamides is 1. The number of amides is 1. The van der Waals surface area contributed by atoms with Crippen molar-refractivity contribution in [3.05, 3.63) is 95.0 Å². The SMILES string of the molecule is O=C(NCCOc1ccc(Cl)cc1)c1ccc(CN2CCN(S(=O)(=O)c3ccccc3)CC2)cc1. The normalized spacial score (nSPS) is 15.0. The number of nitrogens with zero attached hydrogens (tertiary/aromatic N) is 2. The lowest BCUT2D eigenvalue weighted by Gasteiger charge is -2.34. The maximum Gasteiger partial charge on any atom is 0.251 e. The van der Waals surface area contributed by atoms with Crippen LogP contribution in [0.15, 0.2) is 83.8 Å². The zero-order valence-corrected chi connectivity index (χ0v) is 20.8. The van der Waals surface area contributed by atoms with Gasteiger partial charge in [-0.05, 0) is 54.1 Å². The minimum atomic E-state index is -3.45. The monoisotopic (exact) mass is 513 g/mol. The maximum absolute atomic E-state index is 12.8. The third-order valence-electron chi connectivity index (χ3n) is 5.80. The summed E-state index contributed by atoms with van der Waals surface area (Å²) >= 11 is 5.85. The van der Waals surface area contributed by atoms with E-state index in [-0.39, 0.29) is 5.91 Å². The van der Waals surface area contributed by atoms with Crippen molar-refractivity contribution in [1.82, 2.24) is 14.5 Å². The van der Waals surface area contributed by atoms with Crippen LogP contribution in [-0.2, 0) is 16.6 Å². The predicted octanol–water partition coefficient (Wildman–Crippen LogP) is 3.66. The molecule has 3 aromatic carbocycles. The first-order valence-corrected chi connectivity index (χ1v) is 13.3. The smallest absolute Gasteiger partial charge is 0.251 e. The lowest BCUT2D eigenvalue weighted by Crippen LogP contribution is -2.48. The van der Waals surface area contributed by atoms with Gasteiger partial charge in [0.25, 0.3) is 5.91 Å². The average molecular weight is 514 g/mol. The fourth-order valence-corrected chi connectivity index (χ4v) is 5.42. The van der Waals surface area contributed by atoms with Crippen molar-refractivity contribution < 1.29 is 17.9 Å². The second kappa shape index (κ2) is 11.7. The summed E-state index contributed by atoms with van der Waals surface area (Å²) in [4.78, 5) is 14.9. The van der Waals surface area contributed by atoms with Crippen molar-refractivity contribution in [2.75, 3.05) is 39.3 Å². The summed E-state index contributed by atoms with van der Waals surface area (Å²) in [5.41, 5.74) is 1.66. The summed E-state index contributed by atoms with van der Waals surface area (Å²) in [5, 5.41) is 3.50. The number of hydrogen-bond donors (Lipinski definition) is 1. The van der Waals surface area contributed by atoms with E-state index in [2.05, 4.69) is 10.2 Å². The first kappa shape index (κ1) is 25.2. The Morgan fingerprint density at radius 2 is 1.54 bits per heavy atom. The molecule has 0 saturated carbocycles. The van der Waals surface area contributed by atoms with E-state index in [9.17, 15) is 13.2 Å². The van der Waals surface area contributed by atoms with E-state index in [0.29, 0.717) is 67.1 Å². The number of rotatable bonds is 9. The largest absolute Gasteiger partial charge is 0.492 e. The van der Waals surface area contributed by atoms with Crippen LogP contribution in [0.5, 0.6) is 5.75 Å². The van der Waals surface area contributed by atoms with Gasteiger partial charge in [-0.2, -0.15) is 4.31 Å². The second-order valence-corrected chi connectivity index (χ2v) is 10.6. The van der Waals surface area contributed by atoms with Crippen LogP contribution in [0.25, 0.3) is 0 Å². The Balaban J connectivity index is 1.21. The summed E-state index contributed by atoms with van der Waals surface area (Å²) in [6, 6.07) is 23.1. The number of hydrogen-bond acceptors (Lipinski definition) is 5. The third kappa shape index (κ3) is 6.82. The Labute approximate surface area is 211 Å². The van der Waals surface area contributed by atoms with Crippen molar-refractivity contribution in [2.24, 2.45) is 0 Å². The Morgan fingerprint density at radius 3 is 2.20 bits per heavy atom. The molecule has 1 N–H and O–H groups in total. The first-order chi connectivity index (χ1) is 16.9. The van der Waals surface area contributed by atoms with Crippen molar-refractivity contribution in [3.8, 4) is 5.75 Å². The van der Waals surface area contributed by atoms with Gasteiger partial charge in [0.1, 0.15) is 12.4 Å². The van der Waals surface area contributed by atoms with E-state index in [1.54, 1.807) is 65.0 Å². The van der Waals surface area contributed by atoms with E-state index in [4.69, 9.17) is 16.3 Å². The second-order valence-electron chi connectivity index (χ2n) is 8.25. The van der Waals surface area contributed by atoms with E-state index in [0.717, 1.165) is 5.56 Å².